The lowest BCUT2D eigenvalue weighted by Crippen LogP contribution is -2.31. The molecule has 0 aliphatic rings. The molecule has 2 unspecified atom stereocenters. The van der Waals surface area contributed by atoms with Crippen molar-refractivity contribution in [3.05, 3.63) is 35.6 Å². The van der Waals surface area contributed by atoms with Gasteiger partial charge in [0.1, 0.15) is 5.82 Å². The van der Waals surface area contributed by atoms with Crippen molar-refractivity contribution < 1.29 is 9.50 Å². The smallest absolute Gasteiger partial charge is 0.123 e. The number of rotatable bonds is 7. The molecule has 0 amide bonds. The highest BCUT2D eigenvalue weighted by Crippen LogP contribution is 2.19. The van der Waals surface area contributed by atoms with Crippen molar-refractivity contribution in [2.45, 2.75) is 45.8 Å². The van der Waals surface area contributed by atoms with Crippen LogP contribution >= 0.6 is 0 Å². The molecule has 0 fully saturated rings. The van der Waals surface area contributed by atoms with E-state index in [0.29, 0.717) is 23.9 Å². The van der Waals surface area contributed by atoms with Gasteiger partial charge in [-0.1, -0.05) is 26.0 Å². The summed E-state index contributed by atoms with van der Waals surface area (Å²) in [5, 5.41) is 10.1. The Labute approximate surface area is 116 Å². The summed E-state index contributed by atoms with van der Waals surface area (Å²) in [5.41, 5.74) is 0.657. The van der Waals surface area contributed by atoms with E-state index in [2.05, 4.69) is 32.7 Å². The summed E-state index contributed by atoms with van der Waals surface area (Å²) >= 11 is 0. The van der Waals surface area contributed by atoms with Gasteiger partial charge in [-0.15, -0.1) is 0 Å². The number of hydrogen-bond donors (Lipinski definition) is 1. The first-order valence-electron chi connectivity index (χ1n) is 7.04. The van der Waals surface area contributed by atoms with E-state index >= 15 is 0 Å². The first-order chi connectivity index (χ1) is 8.90. The van der Waals surface area contributed by atoms with Crippen molar-refractivity contribution in [2.24, 2.45) is 5.92 Å². The van der Waals surface area contributed by atoms with Crippen LogP contribution < -0.4 is 0 Å². The van der Waals surface area contributed by atoms with Crippen LogP contribution in [0.3, 0.4) is 0 Å². The number of nitrogens with zero attached hydrogens (tertiary/aromatic N) is 1. The average molecular weight is 267 g/mol. The molecule has 1 aromatic rings. The van der Waals surface area contributed by atoms with Crippen molar-refractivity contribution in [3.8, 4) is 0 Å². The van der Waals surface area contributed by atoms with Gasteiger partial charge in [0.2, 0.25) is 0 Å². The van der Waals surface area contributed by atoms with Crippen molar-refractivity contribution in [3.63, 3.8) is 0 Å². The molecule has 0 saturated carbocycles. The van der Waals surface area contributed by atoms with Crippen molar-refractivity contribution in [1.29, 1.82) is 0 Å². The zero-order chi connectivity index (χ0) is 14.4. The van der Waals surface area contributed by atoms with E-state index < -0.39 is 6.10 Å². The maximum atomic E-state index is 13.1. The maximum absolute atomic E-state index is 13.1. The molecule has 0 radical (unpaired) electrons. The largest absolute Gasteiger partial charge is 0.388 e. The van der Waals surface area contributed by atoms with Crippen molar-refractivity contribution in [1.82, 2.24) is 4.90 Å². The first kappa shape index (κ1) is 16.1. The molecule has 0 heterocycles. The Kier molecular flexibility index (Phi) is 6.46. The lowest BCUT2D eigenvalue weighted by molar-refractivity contribution is 0.134. The summed E-state index contributed by atoms with van der Waals surface area (Å²) in [7, 11) is 2.07. The van der Waals surface area contributed by atoms with E-state index in [1.165, 1.54) is 12.1 Å². The first-order valence-corrected chi connectivity index (χ1v) is 7.04. The SMILES string of the molecule is CC(C)CC(C)N(C)CCC(O)c1cccc(F)c1. The second-order valence-corrected chi connectivity index (χ2v) is 5.82. The van der Waals surface area contributed by atoms with Crippen LogP contribution in [0, 0.1) is 11.7 Å². The van der Waals surface area contributed by atoms with E-state index in [-0.39, 0.29) is 5.82 Å². The van der Waals surface area contributed by atoms with E-state index in [1.807, 2.05) is 0 Å². The number of aliphatic hydroxyl groups is 1. The summed E-state index contributed by atoms with van der Waals surface area (Å²) in [6.07, 6.45) is 1.18. The third kappa shape index (κ3) is 5.70. The van der Waals surface area contributed by atoms with Gasteiger partial charge in [0.25, 0.3) is 0 Å². The highest BCUT2D eigenvalue weighted by molar-refractivity contribution is 5.18. The summed E-state index contributed by atoms with van der Waals surface area (Å²) in [6, 6.07) is 6.71. The van der Waals surface area contributed by atoms with E-state index in [4.69, 9.17) is 0 Å². The van der Waals surface area contributed by atoms with Crippen LogP contribution in [0.2, 0.25) is 0 Å². The highest BCUT2D eigenvalue weighted by atomic mass is 19.1. The molecule has 1 aromatic carbocycles. The zero-order valence-corrected chi connectivity index (χ0v) is 12.4. The van der Waals surface area contributed by atoms with Gasteiger partial charge in [-0.2, -0.15) is 0 Å². The van der Waals surface area contributed by atoms with Crippen LogP contribution in [0.15, 0.2) is 24.3 Å². The van der Waals surface area contributed by atoms with Crippen LogP contribution in [0.4, 0.5) is 4.39 Å². The van der Waals surface area contributed by atoms with Crippen LogP contribution in [0.25, 0.3) is 0 Å². The molecular weight excluding hydrogens is 241 g/mol. The minimum absolute atomic E-state index is 0.293. The van der Waals surface area contributed by atoms with Gasteiger partial charge >= 0.3 is 0 Å². The van der Waals surface area contributed by atoms with Gasteiger partial charge in [-0.05, 0) is 50.4 Å². The van der Waals surface area contributed by atoms with Gasteiger partial charge in [-0.25, -0.2) is 4.39 Å². The number of hydrogen-bond acceptors (Lipinski definition) is 2. The fourth-order valence-electron chi connectivity index (χ4n) is 2.29. The van der Waals surface area contributed by atoms with E-state index in [1.54, 1.807) is 12.1 Å². The van der Waals surface area contributed by atoms with Gasteiger partial charge < -0.3 is 10.0 Å². The van der Waals surface area contributed by atoms with E-state index in [0.717, 1.165) is 13.0 Å². The average Bonchev–Trinajstić information content (AvgIpc) is 2.34. The van der Waals surface area contributed by atoms with Gasteiger partial charge in [0.15, 0.2) is 0 Å². The van der Waals surface area contributed by atoms with Gasteiger partial charge in [0, 0.05) is 12.6 Å². The molecule has 0 saturated heterocycles. The molecule has 2 atom stereocenters. The van der Waals surface area contributed by atoms with Crippen LogP contribution in [-0.4, -0.2) is 29.6 Å². The third-order valence-corrected chi connectivity index (χ3v) is 3.55. The van der Waals surface area contributed by atoms with Crippen molar-refractivity contribution >= 4 is 0 Å². The summed E-state index contributed by atoms with van der Waals surface area (Å²) in [6.45, 7) is 7.44. The normalized spacial score (nSPS) is 14.9. The van der Waals surface area contributed by atoms with Crippen molar-refractivity contribution in [2.75, 3.05) is 13.6 Å². The summed E-state index contributed by atoms with van der Waals surface area (Å²) in [4.78, 5) is 2.25. The van der Waals surface area contributed by atoms with Gasteiger partial charge in [0.05, 0.1) is 6.10 Å². The predicted molar refractivity (Wildman–Crippen MR) is 77.5 cm³/mol. The van der Waals surface area contributed by atoms with Gasteiger partial charge in [-0.3, -0.25) is 0 Å². The second-order valence-electron chi connectivity index (χ2n) is 5.82. The summed E-state index contributed by atoms with van der Waals surface area (Å²) < 4.78 is 13.1. The quantitative estimate of drug-likeness (QED) is 0.815. The lowest BCUT2D eigenvalue weighted by atomic mass is 10.0. The summed E-state index contributed by atoms with van der Waals surface area (Å²) in [5.74, 6) is 0.378. The fraction of sp³-hybridized carbons (Fsp3) is 0.625. The van der Waals surface area contributed by atoms with Crippen LogP contribution in [0.5, 0.6) is 0 Å². The van der Waals surface area contributed by atoms with Crippen LogP contribution in [0.1, 0.15) is 45.3 Å². The molecule has 1 N–H and O–H groups in total. The topological polar surface area (TPSA) is 23.5 Å². The monoisotopic (exact) mass is 267 g/mol. The minimum Gasteiger partial charge on any atom is -0.388 e. The highest BCUT2D eigenvalue weighted by Gasteiger charge is 2.14. The standard InChI is InChI=1S/C16H26FNO/c1-12(2)10-13(3)18(4)9-8-16(19)14-6-5-7-15(17)11-14/h5-7,11-13,16,19H,8-10H2,1-4H3. The Balaban J connectivity index is 2.43. The molecule has 108 valence electrons. The third-order valence-electron chi connectivity index (χ3n) is 3.55. The number of halogens is 1. The molecule has 0 aliphatic heterocycles. The van der Waals surface area contributed by atoms with E-state index in [9.17, 15) is 9.50 Å². The molecule has 0 aliphatic carbocycles. The van der Waals surface area contributed by atoms with Crippen LogP contribution in [-0.2, 0) is 0 Å². The predicted octanol–water partition coefficient (Wildman–Crippen LogP) is 3.62. The minimum atomic E-state index is -0.593. The Morgan fingerprint density at radius 2 is 1.95 bits per heavy atom. The molecule has 3 heteroatoms. The molecule has 1 rings (SSSR count). The molecule has 2 nitrogen and oxygen atoms in total. The molecule has 19 heavy (non-hydrogen) atoms. The molecule has 0 aromatic heterocycles. The Hall–Kier alpha value is -0.930. The maximum Gasteiger partial charge on any atom is 0.123 e. The second kappa shape index (κ2) is 7.61. The number of aliphatic hydroxyl groups excluding tert-OH is 1. The lowest BCUT2D eigenvalue weighted by Gasteiger charge is -2.27. The molecule has 0 spiro atoms. The Bertz CT molecular complexity index is 381. The molecular formula is C16H26FNO. The Morgan fingerprint density at radius 1 is 1.26 bits per heavy atom. The Morgan fingerprint density at radius 3 is 2.53 bits per heavy atom. The fourth-order valence-corrected chi connectivity index (χ4v) is 2.29. The number of benzene rings is 1. The molecule has 0 bridgehead atoms. The zero-order valence-electron chi connectivity index (χ0n) is 12.4.